The van der Waals surface area contributed by atoms with Crippen molar-refractivity contribution in [1.82, 2.24) is 9.97 Å². The molecule has 19 heavy (non-hydrogen) atoms. The third-order valence-electron chi connectivity index (χ3n) is 2.58. The monoisotopic (exact) mass is 338 g/mol. The van der Waals surface area contributed by atoms with Crippen molar-refractivity contribution in [3.05, 3.63) is 45.7 Å². The van der Waals surface area contributed by atoms with Gasteiger partial charge in [-0.25, -0.2) is 9.97 Å². The van der Waals surface area contributed by atoms with Crippen molar-refractivity contribution < 1.29 is 5.11 Å². The van der Waals surface area contributed by atoms with Crippen LogP contribution in [0, 0.1) is 13.8 Å². The maximum Gasteiger partial charge on any atom is 0.192 e. The topological polar surface area (TPSA) is 46.0 Å². The van der Waals surface area contributed by atoms with Crippen molar-refractivity contribution in [3.8, 4) is 0 Å². The van der Waals surface area contributed by atoms with Gasteiger partial charge >= 0.3 is 0 Å². The summed E-state index contributed by atoms with van der Waals surface area (Å²) in [7, 11) is 0. The van der Waals surface area contributed by atoms with Gasteiger partial charge in [0, 0.05) is 20.8 Å². The number of aromatic nitrogens is 2. The lowest BCUT2D eigenvalue weighted by molar-refractivity contribution is 0.196. The molecule has 0 aliphatic heterocycles. The molecule has 1 aromatic carbocycles. The molecule has 2 rings (SSSR count). The molecule has 1 N–H and O–H groups in total. The number of halogens is 1. The molecule has 1 atom stereocenters. The summed E-state index contributed by atoms with van der Waals surface area (Å²) in [5, 5.41) is 10.6. The maximum atomic E-state index is 9.84. The first kappa shape index (κ1) is 14.5. The zero-order chi connectivity index (χ0) is 14.0. The Morgan fingerprint density at radius 2 is 1.79 bits per heavy atom. The average molecular weight is 339 g/mol. The first-order chi connectivity index (χ1) is 8.95. The summed E-state index contributed by atoms with van der Waals surface area (Å²) in [5.41, 5.74) is 2.78. The second-order valence-corrected chi connectivity index (χ2v) is 6.32. The largest absolute Gasteiger partial charge is 0.389 e. The smallest absolute Gasteiger partial charge is 0.192 e. The third kappa shape index (κ3) is 3.78. The molecule has 0 saturated carbocycles. The van der Waals surface area contributed by atoms with Crippen molar-refractivity contribution in [2.75, 3.05) is 0 Å². The minimum atomic E-state index is -0.522. The molecule has 2 aromatic rings. The lowest BCUT2D eigenvalue weighted by Gasteiger charge is -2.12. The summed E-state index contributed by atoms with van der Waals surface area (Å²) < 4.78 is 0.953. The van der Waals surface area contributed by atoms with E-state index in [0.717, 1.165) is 26.3 Å². The number of benzene rings is 1. The quantitative estimate of drug-likeness (QED) is 0.857. The van der Waals surface area contributed by atoms with E-state index in [9.17, 15) is 5.11 Å². The Bertz CT molecular complexity index is 582. The lowest BCUT2D eigenvalue weighted by Crippen LogP contribution is -1.97. The molecule has 1 heterocycles. The highest BCUT2D eigenvalue weighted by atomic mass is 79.9. The molecule has 100 valence electrons. The van der Waals surface area contributed by atoms with Gasteiger partial charge in [-0.1, -0.05) is 15.9 Å². The Labute approximate surface area is 125 Å². The Morgan fingerprint density at radius 3 is 2.37 bits per heavy atom. The molecular weight excluding hydrogens is 324 g/mol. The van der Waals surface area contributed by atoms with Crippen molar-refractivity contribution in [1.29, 1.82) is 0 Å². The van der Waals surface area contributed by atoms with Crippen LogP contribution in [-0.4, -0.2) is 15.1 Å². The van der Waals surface area contributed by atoms with Crippen molar-refractivity contribution >= 4 is 27.7 Å². The summed E-state index contributed by atoms with van der Waals surface area (Å²) in [6.07, 6.45) is -0.522. The highest BCUT2D eigenvalue weighted by Crippen LogP contribution is 2.33. The minimum absolute atomic E-state index is 0.522. The van der Waals surface area contributed by atoms with Crippen LogP contribution in [0.1, 0.15) is 30.0 Å². The second kappa shape index (κ2) is 6.03. The predicted octanol–water partition coefficient (Wildman–Crippen LogP) is 4.06. The van der Waals surface area contributed by atoms with E-state index >= 15 is 0 Å². The maximum absolute atomic E-state index is 9.84. The fourth-order valence-electron chi connectivity index (χ4n) is 1.78. The molecule has 0 bridgehead atoms. The number of rotatable bonds is 3. The molecule has 0 amide bonds. The predicted molar refractivity (Wildman–Crippen MR) is 80.4 cm³/mol. The van der Waals surface area contributed by atoms with Crippen LogP contribution in [0.4, 0.5) is 0 Å². The Balaban J connectivity index is 2.37. The Morgan fingerprint density at radius 1 is 1.16 bits per heavy atom. The van der Waals surface area contributed by atoms with Gasteiger partial charge in [0.1, 0.15) is 0 Å². The average Bonchev–Trinajstić information content (AvgIpc) is 2.30. The molecule has 0 aliphatic carbocycles. The molecule has 0 spiro atoms. The van der Waals surface area contributed by atoms with E-state index in [-0.39, 0.29) is 0 Å². The van der Waals surface area contributed by atoms with Crippen LogP contribution in [0.2, 0.25) is 0 Å². The minimum Gasteiger partial charge on any atom is -0.389 e. The van der Waals surface area contributed by atoms with Gasteiger partial charge in [0.2, 0.25) is 0 Å². The summed E-state index contributed by atoms with van der Waals surface area (Å²) in [6.45, 7) is 5.67. The van der Waals surface area contributed by atoms with Gasteiger partial charge in [-0.3, -0.25) is 0 Å². The highest BCUT2D eigenvalue weighted by Gasteiger charge is 2.11. The van der Waals surface area contributed by atoms with Crippen LogP contribution in [0.3, 0.4) is 0 Å². The Kier molecular flexibility index (Phi) is 4.60. The van der Waals surface area contributed by atoms with Gasteiger partial charge < -0.3 is 5.11 Å². The van der Waals surface area contributed by atoms with Crippen LogP contribution in [0.15, 0.2) is 38.8 Å². The van der Waals surface area contributed by atoms with Crippen LogP contribution in [0.5, 0.6) is 0 Å². The zero-order valence-electron chi connectivity index (χ0n) is 11.0. The van der Waals surface area contributed by atoms with Crippen LogP contribution in [0.25, 0.3) is 0 Å². The number of hydrogen-bond acceptors (Lipinski definition) is 4. The fraction of sp³-hybridized carbons (Fsp3) is 0.286. The van der Waals surface area contributed by atoms with E-state index in [2.05, 4.69) is 25.9 Å². The van der Waals surface area contributed by atoms with E-state index in [1.165, 1.54) is 11.8 Å². The molecule has 0 fully saturated rings. The van der Waals surface area contributed by atoms with Crippen molar-refractivity contribution in [3.63, 3.8) is 0 Å². The first-order valence-corrected chi connectivity index (χ1v) is 7.54. The molecule has 0 aliphatic rings. The van der Waals surface area contributed by atoms with Gasteiger partial charge in [0.25, 0.3) is 0 Å². The van der Waals surface area contributed by atoms with E-state index in [1.807, 2.05) is 38.1 Å². The number of nitrogens with zero attached hydrogens (tertiary/aromatic N) is 2. The molecule has 1 aromatic heterocycles. The van der Waals surface area contributed by atoms with E-state index < -0.39 is 6.10 Å². The molecule has 1 unspecified atom stereocenters. The van der Waals surface area contributed by atoms with Gasteiger partial charge in [-0.15, -0.1) is 0 Å². The normalized spacial score (nSPS) is 12.5. The fourth-order valence-corrected chi connectivity index (χ4v) is 3.21. The van der Waals surface area contributed by atoms with Crippen LogP contribution in [-0.2, 0) is 0 Å². The number of aliphatic hydroxyl groups is 1. The first-order valence-electron chi connectivity index (χ1n) is 5.93. The second-order valence-electron chi connectivity index (χ2n) is 4.39. The summed E-state index contributed by atoms with van der Waals surface area (Å²) >= 11 is 4.90. The lowest BCUT2D eigenvalue weighted by atomic mass is 10.1. The Hall–Kier alpha value is -0.910. The van der Waals surface area contributed by atoms with Crippen LogP contribution >= 0.6 is 27.7 Å². The molecule has 0 saturated heterocycles. The molecule has 3 nitrogen and oxygen atoms in total. The highest BCUT2D eigenvalue weighted by molar-refractivity contribution is 9.10. The standard InChI is InChI=1S/C14H15BrN2OS/c1-8-6-9(2)17-14(16-8)19-13-5-4-11(15)7-12(13)10(3)18/h4-7,10,18H,1-3H3. The molecule has 0 radical (unpaired) electrons. The number of aliphatic hydroxyl groups excluding tert-OH is 1. The van der Waals surface area contributed by atoms with Crippen molar-refractivity contribution in [2.24, 2.45) is 0 Å². The van der Waals surface area contributed by atoms with Crippen molar-refractivity contribution in [2.45, 2.75) is 36.9 Å². The third-order valence-corrected chi connectivity index (χ3v) is 4.04. The SMILES string of the molecule is Cc1cc(C)nc(Sc2ccc(Br)cc2C(C)O)n1. The van der Waals surface area contributed by atoms with Gasteiger partial charge in [-0.2, -0.15) is 0 Å². The molecular formula is C14H15BrN2OS. The summed E-state index contributed by atoms with van der Waals surface area (Å²) in [6, 6.07) is 7.80. The summed E-state index contributed by atoms with van der Waals surface area (Å²) in [4.78, 5) is 9.80. The molecule has 5 heteroatoms. The van der Waals surface area contributed by atoms with Crippen LogP contribution < -0.4 is 0 Å². The van der Waals surface area contributed by atoms with E-state index in [1.54, 1.807) is 6.92 Å². The van der Waals surface area contributed by atoms with E-state index in [4.69, 9.17) is 0 Å². The van der Waals surface area contributed by atoms with E-state index in [0.29, 0.717) is 5.16 Å². The van der Waals surface area contributed by atoms with Gasteiger partial charge in [0.15, 0.2) is 5.16 Å². The number of aryl methyl sites for hydroxylation is 2. The zero-order valence-corrected chi connectivity index (χ0v) is 13.4. The summed E-state index contributed by atoms with van der Waals surface area (Å²) in [5.74, 6) is 0. The number of hydrogen-bond donors (Lipinski definition) is 1. The van der Waals surface area contributed by atoms with Gasteiger partial charge in [0.05, 0.1) is 6.10 Å². The van der Waals surface area contributed by atoms with Gasteiger partial charge in [-0.05, 0) is 62.4 Å².